The van der Waals surface area contributed by atoms with Crippen LogP contribution in [0.25, 0.3) is 11.8 Å². The number of para-hydroxylation sites is 1. The monoisotopic (exact) mass is 485 g/mol. The van der Waals surface area contributed by atoms with Gasteiger partial charge in [-0.2, -0.15) is 5.26 Å². The van der Waals surface area contributed by atoms with Gasteiger partial charge in [-0.1, -0.05) is 18.2 Å². The van der Waals surface area contributed by atoms with E-state index in [-0.39, 0.29) is 11.5 Å². The number of hydrogen-bond acceptors (Lipinski definition) is 5. The lowest BCUT2D eigenvalue weighted by Crippen LogP contribution is -2.40. The fraction of sp³-hybridized carbons (Fsp3) is 0.276. The van der Waals surface area contributed by atoms with Gasteiger partial charge in [-0.15, -0.1) is 0 Å². The Morgan fingerprint density at radius 2 is 1.75 bits per heavy atom. The van der Waals surface area contributed by atoms with Crippen molar-refractivity contribution in [2.45, 2.75) is 40.7 Å². The van der Waals surface area contributed by atoms with E-state index < -0.39 is 12.1 Å². The molecule has 3 rings (SSSR count). The molecule has 0 saturated carbocycles. The van der Waals surface area contributed by atoms with Crippen molar-refractivity contribution in [2.24, 2.45) is 0 Å². The van der Waals surface area contributed by atoms with Gasteiger partial charge in [0, 0.05) is 29.3 Å². The topological polar surface area (TPSA) is 84.6 Å². The number of carbonyl (C=O) groups is 2. The van der Waals surface area contributed by atoms with Crippen molar-refractivity contribution in [3.8, 4) is 17.5 Å². The average molecular weight is 486 g/mol. The van der Waals surface area contributed by atoms with E-state index in [4.69, 9.17) is 9.47 Å². The van der Waals surface area contributed by atoms with Crippen LogP contribution in [0.15, 0.2) is 66.2 Å². The number of nitriles is 1. The summed E-state index contributed by atoms with van der Waals surface area (Å²) < 4.78 is 13.0. The molecule has 0 spiro atoms. The second-order valence-corrected chi connectivity index (χ2v) is 8.22. The predicted octanol–water partition coefficient (Wildman–Crippen LogP) is 5.38. The molecule has 0 bridgehead atoms. The maximum absolute atomic E-state index is 12.9. The number of nitrogens with zero attached hydrogens (tertiary/aromatic N) is 3. The Bertz CT molecular complexity index is 1280. The molecule has 1 atom stereocenters. The molecule has 3 aromatic rings. The fourth-order valence-corrected chi connectivity index (χ4v) is 4.05. The Balaban J connectivity index is 1.80. The molecule has 0 aliphatic rings. The molecule has 0 aliphatic heterocycles. The van der Waals surface area contributed by atoms with Crippen molar-refractivity contribution in [1.82, 2.24) is 4.57 Å². The number of anilines is 1. The van der Waals surface area contributed by atoms with Crippen molar-refractivity contribution in [3.63, 3.8) is 0 Å². The lowest BCUT2D eigenvalue weighted by Gasteiger charge is -2.24. The highest BCUT2D eigenvalue weighted by atomic mass is 16.5. The fourth-order valence-electron chi connectivity index (χ4n) is 4.05. The number of carbonyl (C=O) groups excluding carboxylic acids is 2. The van der Waals surface area contributed by atoms with Gasteiger partial charge in [-0.05, 0) is 88.7 Å². The maximum atomic E-state index is 12.9. The highest BCUT2D eigenvalue weighted by Gasteiger charge is 2.25. The van der Waals surface area contributed by atoms with Crippen LogP contribution in [-0.4, -0.2) is 35.7 Å². The van der Waals surface area contributed by atoms with Crippen LogP contribution in [-0.2, 0) is 14.3 Å². The number of rotatable bonds is 9. The van der Waals surface area contributed by atoms with E-state index in [0.29, 0.717) is 24.4 Å². The molecule has 7 nitrogen and oxygen atoms in total. The third-order valence-electron chi connectivity index (χ3n) is 5.80. The molecule has 1 amide bonds. The van der Waals surface area contributed by atoms with Crippen LogP contribution in [0.5, 0.6) is 5.75 Å². The van der Waals surface area contributed by atoms with Gasteiger partial charge in [-0.3, -0.25) is 4.79 Å². The van der Waals surface area contributed by atoms with Crippen LogP contribution in [0.3, 0.4) is 0 Å². The first kappa shape index (κ1) is 26.3. The van der Waals surface area contributed by atoms with E-state index >= 15 is 0 Å². The zero-order chi connectivity index (χ0) is 26.2. The highest BCUT2D eigenvalue weighted by molar-refractivity contribution is 6.02. The first-order valence-electron chi connectivity index (χ1n) is 11.9. The normalized spacial score (nSPS) is 11.9. The van der Waals surface area contributed by atoms with Gasteiger partial charge >= 0.3 is 5.97 Å². The molecule has 36 heavy (non-hydrogen) atoms. The van der Waals surface area contributed by atoms with Gasteiger partial charge in [0.2, 0.25) is 0 Å². The van der Waals surface area contributed by atoms with Gasteiger partial charge in [0.1, 0.15) is 17.4 Å². The van der Waals surface area contributed by atoms with E-state index in [2.05, 4.69) is 0 Å². The zero-order valence-corrected chi connectivity index (χ0v) is 21.3. The van der Waals surface area contributed by atoms with Crippen LogP contribution >= 0.6 is 0 Å². The Hall–Kier alpha value is -4.31. The number of benzene rings is 2. The number of aryl methyl sites for hydroxylation is 1. The number of aromatic nitrogens is 1. The molecule has 186 valence electrons. The first-order chi connectivity index (χ1) is 17.3. The number of ether oxygens (including phenoxy) is 2. The van der Waals surface area contributed by atoms with Gasteiger partial charge < -0.3 is 18.9 Å². The summed E-state index contributed by atoms with van der Waals surface area (Å²) in [7, 11) is 0. The largest absolute Gasteiger partial charge is 0.494 e. The second kappa shape index (κ2) is 11.9. The van der Waals surface area contributed by atoms with Gasteiger partial charge in [0.25, 0.3) is 5.91 Å². The van der Waals surface area contributed by atoms with E-state index in [9.17, 15) is 14.9 Å². The molecule has 0 radical (unpaired) electrons. The van der Waals surface area contributed by atoms with Gasteiger partial charge in [0.15, 0.2) is 6.10 Å². The summed E-state index contributed by atoms with van der Waals surface area (Å²) >= 11 is 0. The molecular weight excluding hydrogens is 454 g/mol. The minimum Gasteiger partial charge on any atom is -0.494 e. The van der Waals surface area contributed by atoms with Crippen molar-refractivity contribution >= 4 is 23.6 Å². The minimum atomic E-state index is -1.05. The lowest BCUT2D eigenvalue weighted by molar-refractivity contribution is -0.149. The average Bonchev–Trinajstić information content (AvgIpc) is 3.16. The Kier molecular flexibility index (Phi) is 8.69. The quantitative estimate of drug-likeness (QED) is 0.231. The number of likely N-dealkylation sites (N-methyl/N-ethyl adjacent to an activating group) is 1. The maximum Gasteiger partial charge on any atom is 0.349 e. The number of hydrogen-bond donors (Lipinski definition) is 0. The Labute approximate surface area is 212 Å². The van der Waals surface area contributed by atoms with Crippen LogP contribution in [0, 0.1) is 25.2 Å². The molecule has 7 heteroatoms. The van der Waals surface area contributed by atoms with Gasteiger partial charge in [0.05, 0.1) is 6.61 Å². The summed E-state index contributed by atoms with van der Waals surface area (Å²) in [4.78, 5) is 27.3. The van der Waals surface area contributed by atoms with Crippen LogP contribution < -0.4 is 9.64 Å². The van der Waals surface area contributed by atoms with Crippen molar-refractivity contribution in [3.05, 3.63) is 83.2 Å². The van der Waals surface area contributed by atoms with Crippen LogP contribution in [0.2, 0.25) is 0 Å². The summed E-state index contributed by atoms with van der Waals surface area (Å²) in [6, 6.07) is 20.7. The van der Waals surface area contributed by atoms with Gasteiger partial charge in [-0.25, -0.2) is 4.79 Å². The summed E-state index contributed by atoms with van der Waals surface area (Å²) in [5.74, 6) is -0.410. The Morgan fingerprint density at radius 1 is 1.08 bits per heavy atom. The predicted molar refractivity (Wildman–Crippen MR) is 140 cm³/mol. The van der Waals surface area contributed by atoms with E-state index in [1.54, 1.807) is 0 Å². The van der Waals surface area contributed by atoms with E-state index in [1.807, 2.05) is 99.0 Å². The highest BCUT2D eigenvalue weighted by Crippen LogP contribution is 2.25. The summed E-state index contributed by atoms with van der Waals surface area (Å²) in [5.41, 5.74) is 4.00. The molecule has 1 heterocycles. The molecule has 0 N–H and O–H groups in total. The third kappa shape index (κ3) is 5.84. The number of amides is 1. The van der Waals surface area contributed by atoms with Crippen molar-refractivity contribution in [1.29, 1.82) is 5.26 Å². The summed E-state index contributed by atoms with van der Waals surface area (Å²) in [5, 5.41) is 9.67. The standard InChI is InChI=1S/C29H31N3O4/c1-6-31(25-11-9-8-10-12-25)28(33)22(5)36-29(34)24(19-30)18-23-17-20(3)32(21(23)4)26-13-15-27(16-14-26)35-7-2/h8-18,22H,6-7H2,1-5H3/b24-18+. The summed E-state index contributed by atoms with van der Waals surface area (Å²) in [6.07, 6.45) is 0.451. The molecule has 2 aromatic carbocycles. The molecule has 1 aromatic heterocycles. The molecule has 1 unspecified atom stereocenters. The minimum absolute atomic E-state index is 0.177. The van der Waals surface area contributed by atoms with Crippen LogP contribution in [0.4, 0.5) is 5.69 Å². The zero-order valence-electron chi connectivity index (χ0n) is 21.3. The SMILES string of the molecule is CCOc1ccc(-n2c(C)cc(/C=C(\C#N)C(=O)OC(C)C(=O)N(CC)c3ccccc3)c2C)cc1. The van der Waals surface area contributed by atoms with Crippen molar-refractivity contribution in [2.75, 3.05) is 18.1 Å². The van der Waals surface area contributed by atoms with Crippen LogP contribution in [0.1, 0.15) is 37.7 Å². The molecular formula is C29H31N3O4. The lowest BCUT2D eigenvalue weighted by atomic mass is 10.1. The first-order valence-corrected chi connectivity index (χ1v) is 11.9. The van der Waals surface area contributed by atoms with Crippen molar-refractivity contribution < 1.29 is 19.1 Å². The van der Waals surface area contributed by atoms with E-state index in [0.717, 1.165) is 22.8 Å². The third-order valence-corrected chi connectivity index (χ3v) is 5.80. The summed E-state index contributed by atoms with van der Waals surface area (Å²) in [6.45, 7) is 10.2. The van der Waals surface area contributed by atoms with E-state index in [1.165, 1.54) is 17.9 Å². The smallest absolute Gasteiger partial charge is 0.349 e. The molecule has 0 fully saturated rings. The Morgan fingerprint density at radius 3 is 2.33 bits per heavy atom. The molecule has 0 aliphatic carbocycles. The number of esters is 1. The second-order valence-electron chi connectivity index (χ2n) is 8.22. The molecule has 0 saturated heterocycles.